The number of methoxy groups -OCH3 is 6. The topological polar surface area (TPSA) is 213 Å². The molecule has 0 N–H and O–H groups in total. The summed E-state index contributed by atoms with van der Waals surface area (Å²) < 4.78 is 65.7. The molecule has 0 bridgehead atoms. The van der Waals surface area contributed by atoms with Crippen LogP contribution in [0.15, 0.2) is 328 Å². The third kappa shape index (κ3) is 26.1. The number of hydrogen-bond donors (Lipinski definition) is 0. The second-order valence-electron chi connectivity index (χ2n) is 35.0. The Labute approximate surface area is 824 Å². The standard InChI is InChI=1S/C43H40O6.C41H36O6.C39H32O6/c1-27-22-31(23-28(2)39(27)47-8)12-13-32-24-29(3)40(30(4)25-32)49-42(45)34-11-9-10-33(26-34)41(44)48-38-20-16-36(17-21-38)43(5,6)35-14-18-37(46-7)19-15-35;1-27-24-29(12-22-37(27)45-6)10-11-30-13-23-38(28(2)25-30)47-40(43)32-9-7-8-31(26-32)39(42)46-36-20-16-34(17-21-36)41(3,4)33-14-18-35(44-5)19-15-33;1-39(2,31-14-22-34(43-4)23-15-31)32-16-24-36(25-17-32)45-38(41)30-7-5-6-29(26-30)37(40)44-35-20-12-28(13-21-35)9-8-27-10-18-33(42-3)19-11-27/h9-11,14-26H,1-8H3;7-9,12-26H,1-6H3;5-7,10-26H,1-4H3. The van der Waals surface area contributed by atoms with Gasteiger partial charge in [-0.15, -0.1) is 0 Å². The van der Waals surface area contributed by atoms with Crippen LogP contribution in [0.4, 0.5) is 0 Å². The van der Waals surface area contributed by atoms with Crippen LogP contribution in [0.25, 0.3) is 0 Å². The van der Waals surface area contributed by atoms with E-state index in [-0.39, 0.29) is 49.6 Å². The number of aryl methyl sites for hydroxylation is 6. The van der Waals surface area contributed by atoms with E-state index < -0.39 is 35.8 Å². The second-order valence-corrected chi connectivity index (χ2v) is 35.0. The van der Waals surface area contributed by atoms with Gasteiger partial charge in [0.2, 0.25) is 0 Å². The van der Waals surface area contributed by atoms with E-state index in [1.165, 1.54) is 18.2 Å². The first-order valence-corrected chi connectivity index (χ1v) is 45.4. The van der Waals surface area contributed by atoms with Crippen molar-refractivity contribution in [1.82, 2.24) is 0 Å². The fourth-order valence-corrected chi connectivity index (χ4v) is 15.7. The highest BCUT2D eigenvalue weighted by atomic mass is 16.6. The summed E-state index contributed by atoms with van der Waals surface area (Å²) in [6.45, 7) is 24.4. The highest BCUT2D eigenvalue weighted by Gasteiger charge is 2.29. The first-order valence-electron chi connectivity index (χ1n) is 45.4. The Bertz CT molecular complexity index is 7230. The summed E-state index contributed by atoms with van der Waals surface area (Å²) in [5, 5.41) is 0. The summed E-state index contributed by atoms with van der Waals surface area (Å²) in [5.41, 5.74) is 17.5. The molecular weight excluding hydrogens is 1770 g/mol. The van der Waals surface area contributed by atoms with Crippen LogP contribution in [-0.4, -0.2) is 78.5 Å². The molecule has 0 atom stereocenters. The fourth-order valence-electron chi connectivity index (χ4n) is 15.7. The van der Waals surface area contributed by atoms with Crippen molar-refractivity contribution in [2.24, 2.45) is 0 Å². The maximum absolute atomic E-state index is 13.2. The smallest absolute Gasteiger partial charge is 0.343 e. The zero-order valence-electron chi connectivity index (χ0n) is 82.0. The molecular formula is C123H108O18. The molecule has 0 aliphatic rings. The van der Waals surface area contributed by atoms with Gasteiger partial charge in [-0.2, -0.15) is 0 Å². The zero-order valence-corrected chi connectivity index (χ0v) is 82.0. The average Bonchev–Trinajstić information content (AvgIpc) is 0.807. The molecule has 0 amide bonds. The van der Waals surface area contributed by atoms with E-state index in [0.29, 0.717) is 34.5 Å². The highest BCUT2D eigenvalue weighted by Crippen LogP contribution is 2.39. The monoisotopic (exact) mass is 1870 g/mol. The van der Waals surface area contributed by atoms with E-state index in [1.807, 2.05) is 224 Å². The van der Waals surface area contributed by atoms with Crippen molar-refractivity contribution in [3.8, 4) is 105 Å². The molecule has 0 fully saturated rings. The quantitative estimate of drug-likeness (QED) is 0.0312. The number of ether oxygens (including phenoxy) is 12. The van der Waals surface area contributed by atoms with Gasteiger partial charge in [-0.05, 0) is 345 Å². The minimum absolute atomic E-state index is 0.226. The van der Waals surface area contributed by atoms with Crippen LogP contribution >= 0.6 is 0 Å². The summed E-state index contributed by atoms with van der Waals surface area (Å²) in [4.78, 5) is 78.2. The van der Waals surface area contributed by atoms with E-state index in [4.69, 9.17) is 56.8 Å². The molecule has 18 heteroatoms. The number of esters is 6. The van der Waals surface area contributed by atoms with Crippen molar-refractivity contribution in [2.45, 2.75) is 99.3 Å². The molecule has 0 spiro atoms. The lowest BCUT2D eigenvalue weighted by Gasteiger charge is -2.26. The molecule has 141 heavy (non-hydrogen) atoms. The molecule has 0 radical (unpaired) electrons. The number of hydrogen-bond acceptors (Lipinski definition) is 18. The van der Waals surface area contributed by atoms with Crippen molar-refractivity contribution in [2.75, 3.05) is 42.7 Å². The van der Waals surface area contributed by atoms with Gasteiger partial charge in [0, 0.05) is 49.6 Å². The molecule has 0 aliphatic carbocycles. The van der Waals surface area contributed by atoms with Crippen LogP contribution in [0.1, 0.15) is 204 Å². The predicted molar refractivity (Wildman–Crippen MR) is 548 cm³/mol. The molecule has 15 aromatic rings. The summed E-state index contributed by atoms with van der Waals surface area (Å²) in [6.07, 6.45) is 0. The van der Waals surface area contributed by atoms with Crippen molar-refractivity contribution < 1.29 is 85.6 Å². The van der Waals surface area contributed by atoms with E-state index in [2.05, 4.69) is 77.1 Å². The Kier molecular flexibility index (Phi) is 32.9. The minimum Gasteiger partial charge on any atom is -0.497 e. The van der Waals surface area contributed by atoms with Crippen LogP contribution in [0.2, 0.25) is 0 Å². The van der Waals surface area contributed by atoms with Gasteiger partial charge in [-0.1, -0.05) is 168 Å². The highest BCUT2D eigenvalue weighted by molar-refractivity contribution is 5.99. The lowest BCUT2D eigenvalue weighted by Crippen LogP contribution is -2.18. The third-order valence-electron chi connectivity index (χ3n) is 24.1. The van der Waals surface area contributed by atoms with Crippen LogP contribution in [0, 0.1) is 77.1 Å². The Hall–Kier alpha value is -17.4. The molecule has 0 saturated carbocycles. The lowest BCUT2D eigenvalue weighted by atomic mass is 9.78. The van der Waals surface area contributed by atoms with Crippen LogP contribution in [-0.2, 0) is 16.2 Å². The van der Waals surface area contributed by atoms with Crippen molar-refractivity contribution in [3.63, 3.8) is 0 Å². The normalized spacial score (nSPS) is 10.8. The maximum Gasteiger partial charge on any atom is 0.343 e. The molecule has 18 nitrogen and oxygen atoms in total. The molecule has 0 heterocycles. The summed E-state index contributed by atoms with van der Waals surface area (Å²) in [7, 11) is 9.86. The van der Waals surface area contributed by atoms with Crippen molar-refractivity contribution >= 4 is 35.8 Å². The van der Waals surface area contributed by atoms with Gasteiger partial charge in [0.15, 0.2) is 0 Å². The molecule has 15 rings (SSSR count). The zero-order chi connectivity index (χ0) is 101. The van der Waals surface area contributed by atoms with Crippen molar-refractivity contribution in [3.05, 3.63) is 461 Å². The van der Waals surface area contributed by atoms with E-state index in [0.717, 1.165) is 135 Å². The molecule has 0 aromatic heterocycles. The number of carbonyl (C=O) groups excluding carboxylic acids is 6. The maximum atomic E-state index is 13.2. The first kappa shape index (κ1) is 101. The van der Waals surface area contributed by atoms with E-state index >= 15 is 0 Å². The van der Waals surface area contributed by atoms with Gasteiger partial charge < -0.3 is 56.8 Å². The largest absolute Gasteiger partial charge is 0.497 e. The van der Waals surface area contributed by atoms with Gasteiger partial charge in [0.05, 0.1) is 76.0 Å². The minimum atomic E-state index is -0.591. The second kappa shape index (κ2) is 46.0. The van der Waals surface area contributed by atoms with Gasteiger partial charge >= 0.3 is 35.8 Å². The Balaban J connectivity index is 0.000000178. The van der Waals surface area contributed by atoms with Gasteiger partial charge in [0.1, 0.15) is 69.0 Å². The summed E-state index contributed by atoms with van der Waals surface area (Å²) >= 11 is 0. The van der Waals surface area contributed by atoms with Gasteiger partial charge in [-0.25, -0.2) is 28.8 Å². The van der Waals surface area contributed by atoms with E-state index in [1.54, 1.807) is 170 Å². The lowest BCUT2D eigenvalue weighted by molar-refractivity contribution is 0.0715. The van der Waals surface area contributed by atoms with Crippen molar-refractivity contribution in [1.29, 1.82) is 0 Å². The van der Waals surface area contributed by atoms with Crippen LogP contribution in [0.3, 0.4) is 0 Å². The fraction of sp³-hybridized carbons (Fsp3) is 0.171. The molecule has 0 saturated heterocycles. The number of benzene rings is 15. The molecule has 0 unspecified atom stereocenters. The third-order valence-corrected chi connectivity index (χ3v) is 24.1. The SMILES string of the molecule is COc1ccc(C#Cc2ccc(OC(=O)c3cccc(C(=O)Oc4ccc(C(C)(C)c5ccc(OC)cc5)cc4)c3)cc2)cc1.COc1ccc(C(C)(C)c2ccc(OC(=O)c3cccc(C(=O)Oc4c(C)cc(C#Cc5cc(C)c(OC)c(C)c5)cc4C)c3)cc2)cc1.COc1ccc(C(C)(C)c2ccc(OC(=O)c3cccc(C(=O)Oc4ccc(C#Cc5ccc(OC)c(C)c5)cc4C)c3)cc2)cc1. The molecule has 708 valence electrons. The summed E-state index contributed by atoms with van der Waals surface area (Å²) in [6, 6.07) is 98.4. The first-order chi connectivity index (χ1) is 67.7. The predicted octanol–water partition coefficient (Wildman–Crippen LogP) is 25.5. The van der Waals surface area contributed by atoms with Gasteiger partial charge in [-0.3, -0.25) is 0 Å². The van der Waals surface area contributed by atoms with E-state index in [9.17, 15) is 28.8 Å². The number of carbonyl (C=O) groups is 6. The Morgan fingerprint density at radius 3 is 0.667 bits per heavy atom. The van der Waals surface area contributed by atoms with Crippen LogP contribution in [0.5, 0.6) is 69.0 Å². The average molecular weight is 1870 g/mol. The molecule has 0 aliphatic heterocycles. The summed E-state index contributed by atoms with van der Waals surface area (Å²) in [5.74, 6) is 22.7. The molecule has 15 aromatic carbocycles. The Morgan fingerprint density at radius 2 is 0.404 bits per heavy atom. The Morgan fingerprint density at radius 1 is 0.191 bits per heavy atom. The van der Waals surface area contributed by atoms with Crippen LogP contribution < -0.4 is 56.8 Å². The number of rotatable bonds is 24. The van der Waals surface area contributed by atoms with Gasteiger partial charge in [0.25, 0.3) is 0 Å².